The van der Waals surface area contributed by atoms with Gasteiger partial charge in [0.15, 0.2) is 0 Å². The number of nitrogens with two attached hydrogens (primary N) is 1. The van der Waals surface area contributed by atoms with Gasteiger partial charge in [-0.2, -0.15) is 0 Å². The van der Waals surface area contributed by atoms with Crippen molar-refractivity contribution < 1.29 is 8.42 Å². The minimum absolute atomic E-state index is 0.103. The van der Waals surface area contributed by atoms with Gasteiger partial charge < -0.3 is 5.73 Å². The number of nitrogens with zero attached hydrogens (tertiary/aromatic N) is 1. The lowest BCUT2D eigenvalue weighted by Gasteiger charge is -2.09. The summed E-state index contributed by atoms with van der Waals surface area (Å²) in [5.41, 5.74) is 7.13. The van der Waals surface area contributed by atoms with Crippen molar-refractivity contribution in [1.82, 2.24) is 4.98 Å². The number of sulfonamides is 1. The second-order valence-electron chi connectivity index (χ2n) is 4.12. The molecule has 3 N–H and O–H groups in total. The van der Waals surface area contributed by atoms with Crippen LogP contribution >= 0.6 is 27.5 Å². The molecule has 8 heteroatoms. The number of nitrogen functional groups attached to an aromatic ring is 1. The molecule has 0 aliphatic rings. The summed E-state index contributed by atoms with van der Waals surface area (Å²) in [6.07, 6.45) is 1.36. The van der Waals surface area contributed by atoms with Crippen LogP contribution in [-0.2, 0) is 10.0 Å². The van der Waals surface area contributed by atoms with Crippen LogP contribution in [0.15, 0.2) is 39.8 Å². The average Bonchev–Trinajstić information content (AvgIpc) is 2.37. The molecule has 0 fully saturated rings. The Balaban J connectivity index is 2.35. The number of hydrogen-bond donors (Lipinski definition) is 2. The standard InChI is InChI=1S/C12H11BrClN3O2S/c1-7-4-8(6-16-12(7)14)17-20(18,19)9-2-3-11(15)10(13)5-9/h2-6,17H,15H2,1H3. The highest BCUT2D eigenvalue weighted by Gasteiger charge is 2.16. The summed E-state index contributed by atoms with van der Waals surface area (Å²) in [5.74, 6) is 0. The van der Waals surface area contributed by atoms with Crippen LogP contribution in [0, 0.1) is 6.92 Å². The number of aryl methyl sites for hydroxylation is 1. The summed E-state index contributed by atoms with van der Waals surface area (Å²) >= 11 is 9.00. The van der Waals surface area contributed by atoms with E-state index in [1.54, 1.807) is 13.0 Å². The van der Waals surface area contributed by atoms with Crippen molar-refractivity contribution in [2.75, 3.05) is 10.5 Å². The number of hydrogen-bond acceptors (Lipinski definition) is 4. The lowest BCUT2D eigenvalue weighted by molar-refractivity contribution is 0.601. The fraction of sp³-hybridized carbons (Fsp3) is 0.0833. The van der Waals surface area contributed by atoms with Gasteiger partial charge >= 0.3 is 0 Å². The monoisotopic (exact) mass is 375 g/mol. The predicted octanol–water partition coefficient (Wildman–Crippen LogP) is 3.19. The van der Waals surface area contributed by atoms with E-state index in [1.807, 2.05) is 0 Å². The van der Waals surface area contributed by atoms with Gasteiger partial charge in [-0.25, -0.2) is 13.4 Å². The zero-order chi connectivity index (χ0) is 14.9. The van der Waals surface area contributed by atoms with Crippen molar-refractivity contribution in [3.63, 3.8) is 0 Å². The highest BCUT2D eigenvalue weighted by atomic mass is 79.9. The molecule has 2 rings (SSSR count). The predicted molar refractivity (Wildman–Crippen MR) is 83.3 cm³/mol. The van der Waals surface area contributed by atoms with E-state index in [1.165, 1.54) is 24.4 Å². The van der Waals surface area contributed by atoms with E-state index in [4.69, 9.17) is 17.3 Å². The molecule has 0 aliphatic heterocycles. The van der Waals surface area contributed by atoms with Gasteiger partial charge in [0.2, 0.25) is 0 Å². The zero-order valence-electron chi connectivity index (χ0n) is 10.4. The van der Waals surface area contributed by atoms with Crippen molar-refractivity contribution in [2.45, 2.75) is 11.8 Å². The molecule has 1 aromatic heterocycles. The van der Waals surface area contributed by atoms with Gasteiger partial charge in [0.05, 0.1) is 16.8 Å². The van der Waals surface area contributed by atoms with Crippen molar-refractivity contribution in [1.29, 1.82) is 0 Å². The van der Waals surface area contributed by atoms with E-state index >= 15 is 0 Å². The Morgan fingerprint density at radius 2 is 2.05 bits per heavy atom. The maximum atomic E-state index is 12.2. The quantitative estimate of drug-likeness (QED) is 0.636. The number of anilines is 2. The molecule has 106 valence electrons. The van der Waals surface area contributed by atoms with Crippen molar-refractivity contribution in [2.24, 2.45) is 0 Å². The van der Waals surface area contributed by atoms with Crippen LogP contribution in [0.25, 0.3) is 0 Å². The normalized spacial score (nSPS) is 11.3. The number of pyridine rings is 1. The number of benzene rings is 1. The average molecular weight is 377 g/mol. The Morgan fingerprint density at radius 1 is 1.35 bits per heavy atom. The van der Waals surface area contributed by atoms with Crippen molar-refractivity contribution >= 4 is 48.9 Å². The largest absolute Gasteiger partial charge is 0.398 e. The van der Waals surface area contributed by atoms with Crippen LogP contribution < -0.4 is 10.5 Å². The molecule has 0 amide bonds. The number of aromatic nitrogens is 1. The molecule has 20 heavy (non-hydrogen) atoms. The molecule has 0 saturated heterocycles. The third-order valence-corrected chi connectivity index (χ3v) is 5.01. The minimum atomic E-state index is -3.70. The molecule has 2 aromatic rings. The molecule has 0 saturated carbocycles. The first-order chi connectivity index (χ1) is 9.29. The molecule has 1 aromatic carbocycles. The topological polar surface area (TPSA) is 85.1 Å². The highest BCUT2D eigenvalue weighted by Crippen LogP contribution is 2.25. The van der Waals surface area contributed by atoms with Crippen LogP contribution in [0.1, 0.15) is 5.56 Å². The summed E-state index contributed by atoms with van der Waals surface area (Å²) in [6.45, 7) is 1.74. The van der Waals surface area contributed by atoms with Crippen LogP contribution in [0.4, 0.5) is 11.4 Å². The fourth-order valence-corrected chi connectivity index (χ4v) is 3.20. The second-order valence-corrected chi connectivity index (χ2v) is 7.02. The molecule has 5 nitrogen and oxygen atoms in total. The fourth-order valence-electron chi connectivity index (χ4n) is 1.50. The van der Waals surface area contributed by atoms with Crippen LogP contribution in [-0.4, -0.2) is 13.4 Å². The van der Waals surface area contributed by atoms with E-state index in [-0.39, 0.29) is 4.90 Å². The molecule has 1 heterocycles. The third-order valence-electron chi connectivity index (χ3n) is 2.55. The van der Waals surface area contributed by atoms with Crippen LogP contribution in [0.5, 0.6) is 0 Å². The van der Waals surface area contributed by atoms with Crippen LogP contribution in [0.2, 0.25) is 5.15 Å². The van der Waals surface area contributed by atoms with E-state index < -0.39 is 10.0 Å². The first kappa shape index (κ1) is 15.1. The van der Waals surface area contributed by atoms with Crippen molar-refractivity contribution in [3.8, 4) is 0 Å². The van der Waals surface area contributed by atoms with Gasteiger partial charge in [0.1, 0.15) is 5.15 Å². The summed E-state index contributed by atoms with van der Waals surface area (Å²) < 4.78 is 27.4. The Kier molecular flexibility index (Phi) is 4.22. The summed E-state index contributed by atoms with van der Waals surface area (Å²) in [5, 5.41) is 0.336. The Hall–Kier alpha value is -1.31. The molecule has 0 unspecified atom stereocenters. The Morgan fingerprint density at radius 3 is 2.65 bits per heavy atom. The van der Waals surface area contributed by atoms with Gasteiger partial charge in [-0.15, -0.1) is 0 Å². The van der Waals surface area contributed by atoms with E-state index in [0.717, 1.165) is 0 Å². The minimum Gasteiger partial charge on any atom is -0.398 e. The summed E-state index contributed by atoms with van der Waals surface area (Å²) in [6, 6.07) is 6.00. The number of nitrogens with one attached hydrogen (secondary N) is 1. The van der Waals surface area contributed by atoms with Gasteiger partial charge in [-0.1, -0.05) is 11.6 Å². The molecule has 0 aliphatic carbocycles. The van der Waals surface area contributed by atoms with Gasteiger partial charge in [0.25, 0.3) is 10.0 Å². The molecule has 0 atom stereocenters. The van der Waals surface area contributed by atoms with Gasteiger partial charge in [-0.05, 0) is 52.7 Å². The maximum absolute atomic E-state index is 12.2. The van der Waals surface area contributed by atoms with E-state index in [0.29, 0.717) is 26.6 Å². The first-order valence-corrected chi connectivity index (χ1v) is 8.15. The van der Waals surface area contributed by atoms with Gasteiger partial charge in [0, 0.05) is 10.2 Å². The van der Waals surface area contributed by atoms with E-state index in [9.17, 15) is 8.42 Å². The van der Waals surface area contributed by atoms with E-state index in [2.05, 4.69) is 25.6 Å². The Labute approximate surface area is 130 Å². The molecule has 0 spiro atoms. The lowest BCUT2D eigenvalue weighted by Crippen LogP contribution is -2.13. The molecular formula is C12H11BrClN3O2S. The number of halogens is 2. The van der Waals surface area contributed by atoms with Crippen molar-refractivity contribution in [3.05, 3.63) is 45.7 Å². The smallest absolute Gasteiger partial charge is 0.261 e. The summed E-state index contributed by atoms with van der Waals surface area (Å²) in [7, 11) is -3.70. The third kappa shape index (κ3) is 3.23. The number of rotatable bonds is 3. The lowest BCUT2D eigenvalue weighted by atomic mass is 10.3. The summed E-state index contributed by atoms with van der Waals surface area (Å²) in [4.78, 5) is 4.00. The maximum Gasteiger partial charge on any atom is 0.261 e. The van der Waals surface area contributed by atoms with Crippen LogP contribution in [0.3, 0.4) is 0 Å². The second kappa shape index (κ2) is 5.59. The SMILES string of the molecule is Cc1cc(NS(=O)(=O)c2ccc(N)c(Br)c2)cnc1Cl. The Bertz CT molecular complexity index is 765. The van der Waals surface area contributed by atoms with Gasteiger partial charge in [-0.3, -0.25) is 4.72 Å². The zero-order valence-corrected chi connectivity index (χ0v) is 13.6. The molecule has 0 radical (unpaired) electrons. The molecule has 0 bridgehead atoms. The molecular weight excluding hydrogens is 366 g/mol. The highest BCUT2D eigenvalue weighted by molar-refractivity contribution is 9.10. The first-order valence-electron chi connectivity index (χ1n) is 5.49.